The van der Waals surface area contributed by atoms with Crippen molar-refractivity contribution < 1.29 is 19.2 Å². The van der Waals surface area contributed by atoms with Crippen LogP contribution in [-0.4, -0.2) is 28.8 Å². The lowest BCUT2D eigenvalue weighted by atomic mass is 10.0. The van der Waals surface area contributed by atoms with Crippen molar-refractivity contribution >= 4 is 17.4 Å². The molecule has 1 aromatic heterocycles. The number of carbonyl (C=O) groups excluding carboxylic acids is 2. The largest absolute Gasteiger partial charge is 0.465 e. The van der Waals surface area contributed by atoms with Crippen LogP contribution in [0.4, 0.5) is 5.69 Å². The molecule has 0 aliphatic carbocycles. The van der Waals surface area contributed by atoms with Crippen LogP contribution in [0.25, 0.3) is 0 Å². The second-order valence-electron chi connectivity index (χ2n) is 4.03. The fraction of sp³-hybridized carbons (Fsp3) is 0.0714. The summed E-state index contributed by atoms with van der Waals surface area (Å²) in [6.07, 6.45) is 1.36. The Morgan fingerprint density at radius 3 is 2.67 bits per heavy atom. The van der Waals surface area contributed by atoms with Crippen molar-refractivity contribution in [2.45, 2.75) is 0 Å². The van der Waals surface area contributed by atoms with E-state index in [-0.39, 0.29) is 22.5 Å². The molecule has 0 spiro atoms. The molecular formula is C14H10N2O5. The van der Waals surface area contributed by atoms with Crippen LogP contribution >= 0.6 is 0 Å². The predicted octanol–water partition coefficient (Wildman–Crippen LogP) is 2.01. The zero-order chi connectivity index (χ0) is 15.4. The van der Waals surface area contributed by atoms with Gasteiger partial charge in [0.1, 0.15) is 5.69 Å². The molecule has 106 valence electrons. The smallest absolute Gasteiger partial charge is 0.340 e. The van der Waals surface area contributed by atoms with E-state index < -0.39 is 16.7 Å². The van der Waals surface area contributed by atoms with Gasteiger partial charge in [0.15, 0.2) is 0 Å². The van der Waals surface area contributed by atoms with Crippen LogP contribution in [0.1, 0.15) is 26.4 Å². The van der Waals surface area contributed by atoms with E-state index in [2.05, 4.69) is 9.72 Å². The number of rotatable bonds is 4. The number of non-ortho nitro benzene ring substituents is 1. The Morgan fingerprint density at radius 2 is 2.00 bits per heavy atom. The molecule has 21 heavy (non-hydrogen) atoms. The molecule has 1 heterocycles. The number of nitro benzene ring substituents is 1. The first-order chi connectivity index (χ1) is 10.0. The highest BCUT2D eigenvalue weighted by Crippen LogP contribution is 2.18. The molecule has 0 unspecified atom stereocenters. The normalized spacial score (nSPS) is 9.95. The van der Waals surface area contributed by atoms with Gasteiger partial charge in [0.25, 0.3) is 5.69 Å². The van der Waals surface area contributed by atoms with Crippen molar-refractivity contribution in [2.24, 2.45) is 0 Å². The third-order valence-corrected chi connectivity index (χ3v) is 2.75. The first-order valence-electron chi connectivity index (χ1n) is 5.87. The number of aromatic nitrogens is 1. The Balaban J connectivity index is 2.48. The summed E-state index contributed by atoms with van der Waals surface area (Å²) in [5.74, 6) is -1.28. The van der Waals surface area contributed by atoms with E-state index in [4.69, 9.17) is 0 Å². The number of hydrogen-bond donors (Lipinski definition) is 0. The number of ether oxygens (including phenoxy) is 1. The zero-order valence-electron chi connectivity index (χ0n) is 11.0. The quantitative estimate of drug-likeness (QED) is 0.369. The first-order valence-corrected chi connectivity index (χ1v) is 5.87. The number of carbonyl (C=O) groups is 2. The lowest BCUT2D eigenvalue weighted by Crippen LogP contribution is -2.13. The Bertz CT molecular complexity index is 727. The molecular weight excluding hydrogens is 276 g/mol. The second-order valence-corrected chi connectivity index (χ2v) is 4.03. The van der Waals surface area contributed by atoms with Gasteiger partial charge in [0, 0.05) is 23.9 Å². The molecule has 0 bridgehead atoms. The number of esters is 1. The maximum atomic E-state index is 12.4. The van der Waals surface area contributed by atoms with Gasteiger partial charge in [0.2, 0.25) is 5.78 Å². The summed E-state index contributed by atoms with van der Waals surface area (Å²) < 4.78 is 4.59. The fourth-order valence-corrected chi connectivity index (χ4v) is 1.76. The van der Waals surface area contributed by atoms with E-state index in [1.807, 2.05) is 0 Å². The highest BCUT2D eigenvalue weighted by atomic mass is 16.6. The van der Waals surface area contributed by atoms with Gasteiger partial charge in [-0.1, -0.05) is 12.1 Å². The third kappa shape index (κ3) is 2.92. The Labute approximate surface area is 119 Å². The average molecular weight is 286 g/mol. The maximum absolute atomic E-state index is 12.4. The minimum Gasteiger partial charge on any atom is -0.465 e. The van der Waals surface area contributed by atoms with Gasteiger partial charge >= 0.3 is 5.97 Å². The van der Waals surface area contributed by atoms with E-state index in [1.165, 1.54) is 43.6 Å². The molecule has 0 amide bonds. The van der Waals surface area contributed by atoms with E-state index in [0.717, 1.165) is 6.07 Å². The van der Waals surface area contributed by atoms with E-state index >= 15 is 0 Å². The van der Waals surface area contributed by atoms with Crippen LogP contribution in [-0.2, 0) is 4.74 Å². The number of pyridine rings is 1. The standard InChI is InChI=1S/C14H10N2O5/c1-21-14(18)11-6-3-7-15-12(11)13(17)9-4-2-5-10(8-9)16(19)20/h2-8H,1H3. The van der Waals surface area contributed by atoms with Crippen LogP contribution in [0, 0.1) is 10.1 Å². The summed E-state index contributed by atoms with van der Waals surface area (Å²) in [5.41, 5.74) is -0.231. The highest BCUT2D eigenvalue weighted by molar-refractivity contribution is 6.13. The van der Waals surface area contributed by atoms with E-state index in [1.54, 1.807) is 0 Å². The molecule has 7 nitrogen and oxygen atoms in total. The van der Waals surface area contributed by atoms with Crippen LogP contribution in [0.5, 0.6) is 0 Å². The van der Waals surface area contributed by atoms with Crippen LogP contribution in [0.2, 0.25) is 0 Å². The number of ketones is 1. The topological polar surface area (TPSA) is 99.4 Å². The molecule has 0 atom stereocenters. The minimum atomic E-state index is -0.697. The zero-order valence-corrected chi connectivity index (χ0v) is 11.0. The SMILES string of the molecule is COC(=O)c1cccnc1C(=O)c1cccc([N+](=O)[O-])c1. The lowest BCUT2D eigenvalue weighted by molar-refractivity contribution is -0.384. The summed E-state index contributed by atoms with van der Waals surface area (Å²) in [6.45, 7) is 0. The molecule has 0 saturated carbocycles. The minimum absolute atomic E-state index is 0.0107. The van der Waals surface area contributed by atoms with Gasteiger partial charge in [-0.15, -0.1) is 0 Å². The van der Waals surface area contributed by atoms with Gasteiger partial charge in [-0.3, -0.25) is 19.9 Å². The number of nitrogens with zero attached hydrogens (tertiary/aromatic N) is 2. The molecule has 1 aromatic carbocycles. The fourth-order valence-electron chi connectivity index (χ4n) is 1.76. The molecule has 0 aliphatic heterocycles. The van der Waals surface area contributed by atoms with Crippen LogP contribution in [0.15, 0.2) is 42.6 Å². The molecule has 7 heteroatoms. The molecule has 2 aromatic rings. The number of hydrogen-bond acceptors (Lipinski definition) is 6. The summed E-state index contributed by atoms with van der Waals surface area (Å²) in [6, 6.07) is 8.13. The lowest BCUT2D eigenvalue weighted by Gasteiger charge is -2.05. The Morgan fingerprint density at radius 1 is 1.24 bits per heavy atom. The van der Waals surface area contributed by atoms with E-state index in [0.29, 0.717) is 0 Å². The van der Waals surface area contributed by atoms with E-state index in [9.17, 15) is 19.7 Å². The Hall–Kier alpha value is -3.09. The van der Waals surface area contributed by atoms with Gasteiger partial charge < -0.3 is 4.74 Å². The summed E-state index contributed by atoms with van der Waals surface area (Å²) in [5, 5.41) is 10.7. The van der Waals surface area contributed by atoms with Crippen molar-refractivity contribution in [2.75, 3.05) is 7.11 Å². The van der Waals surface area contributed by atoms with Crippen molar-refractivity contribution in [3.63, 3.8) is 0 Å². The summed E-state index contributed by atoms with van der Waals surface area (Å²) in [4.78, 5) is 38.0. The van der Waals surface area contributed by atoms with Crippen LogP contribution in [0.3, 0.4) is 0 Å². The second kappa shape index (κ2) is 5.91. The van der Waals surface area contributed by atoms with Gasteiger partial charge in [-0.05, 0) is 12.1 Å². The summed E-state index contributed by atoms with van der Waals surface area (Å²) in [7, 11) is 1.19. The van der Waals surface area contributed by atoms with Gasteiger partial charge in [0.05, 0.1) is 17.6 Å². The molecule has 0 radical (unpaired) electrons. The molecule has 0 saturated heterocycles. The Kier molecular flexibility index (Phi) is 4.03. The van der Waals surface area contributed by atoms with Crippen molar-refractivity contribution in [1.29, 1.82) is 0 Å². The third-order valence-electron chi connectivity index (χ3n) is 2.75. The summed E-state index contributed by atoms with van der Waals surface area (Å²) >= 11 is 0. The van der Waals surface area contributed by atoms with Crippen molar-refractivity contribution in [3.05, 3.63) is 69.5 Å². The van der Waals surface area contributed by atoms with Crippen LogP contribution < -0.4 is 0 Å². The molecule has 0 fully saturated rings. The maximum Gasteiger partial charge on any atom is 0.340 e. The van der Waals surface area contributed by atoms with Gasteiger partial charge in [-0.25, -0.2) is 4.79 Å². The van der Waals surface area contributed by atoms with Gasteiger partial charge in [-0.2, -0.15) is 0 Å². The molecule has 0 aliphatic rings. The average Bonchev–Trinajstić information content (AvgIpc) is 2.53. The van der Waals surface area contributed by atoms with Crippen molar-refractivity contribution in [1.82, 2.24) is 4.98 Å². The number of methoxy groups -OCH3 is 1. The molecule has 2 rings (SSSR count). The van der Waals surface area contributed by atoms with Crippen molar-refractivity contribution in [3.8, 4) is 0 Å². The monoisotopic (exact) mass is 286 g/mol. The highest BCUT2D eigenvalue weighted by Gasteiger charge is 2.21. The molecule has 0 N–H and O–H groups in total. The number of nitro groups is 1. The first kappa shape index (κ1) is 14.3. The predicted molar refractivity (Wildman–Crippen MR) is 72.1 cm³/mol. The number of benzene rings is 1.